The third kappa shape index (κ3) is 3.86. The minimum absolute atomic E-state index is 0.212. The number of nitrogens with one attached hydrogen (secondary N) is 1. The van der Waals surface area contributed by atoms with Gasteiger partial charge in [0.25, 0.3) is 5.91 Å². The first-order chi connectivity index (χ1) is 14.5. The quantitative estimate of drug-likeness (QED) is 0.405. The molecule has 4 rings (SSSR count). The van der Waals surface area contributed by atoms with E-state index in [1.54, 1.807) is 42.7 Å². The van der Waals surface area contributed by atoms with Gasteiger partial charge in [0.2, 0.25) is 0 Å². The summed E-state index contributed by atoms with van der Waals surface area (Å²) in [5, 5.41) is 4.52. The molecule has 2 heterocycles. The first kappa shape index (κ1) is 20.6. The molecule has 30 heavy (non-hydrogen) atoms. The molecule has 4 aromatic rings. The lowest BCUT2D eigenvalue weighted by molar-refractivity contribution is 0.102. The van der Waals surface area contributed by atoms with Crippen LogP contribution in [0.15, 0.2) is 48.5 Å². The average Bonchev–Trinajstić information content (AvgIpc) is 3.25. The van der Waals surface area contributed by atoms with Gasteiger partial charge >= 0.3 is 0 Å². The molecule has 0 saturated carbocycles. The maximum Gasteiger partial charge on any atom is 0.256 e. The second-order valence-corrected chi connectivity index (χ2v) is 8.50. The SMILES string of the molecule is COCCn1c(C)c(C)c(-c2nc3ccccc3s2)c1NC(=O)c1cccc(Cl)c1. The molecule has 2 aromatic heterocycles. The number of thiazole rings is 1. The highest BCUT2D eigenvalue weighted by atomic mass is 35.5. The standard InChI is InChI=1S/C23H22ClN3O2S/c1-14-15(2)27(11-12-29-3)21(26-22(28)16-7-6-8-17(24)13-16)20(14)23-25-18-9-4-5-10-19(18)30-23/h4-10,13H,11-12H2,1-3H3,(H,26,28). The summed E-state index contributed by atoms with van der Waals surface area (Å²) < 4.78 is 8.50. The minimum atomic E-state index is -0.212. The molecule has 5 nitrogen and oxygen atoms in total. The topological polar surface area (TPSA) is 56.1 Å². The number of methoxy groups -OCH3 is 1. The van der Waals surface area contributed by atoms with Crippen LogP contribution < -0.4 is 5.32 Å². The molecule has 0 aliphatic carbocycles. The van der Waals surface area contributed by atoms with E-state index >= 15 is 0 Å². The van der Waals surface area contributed by atoms with Crippen LogP contribution in [0.25, 0.3) is 20.8 Å². The number of benzene rings is 2. The van der Waals surface area contributed by atoms with Crippen LogP contribution in [0.4, 0.5) is 5.82 Å². The van der Waals surface area contributed by atoms with E-state index in [1.807, 2.05) is 18.2 Å². The largest absolute Gasteiger partial charge is 0.383 e. The Morgan fingerprint density at radius 3 is 2.73 bits per heavy atom. The lowest BCUT2D eigenvalue weighted by Gasteiger charge is -2.13. The van der Waals surface area contributed by atoms with Gasteiger partial charge in [0.05, 0.1) is 22.4 Å². The number of carbonyl (C=O) groups is 1. The molecule has 154 valence electrons. The zero-order valence-electron chi connectivity index (χ0n) is 17.0. The molecule has 7 heteroatoms. The molecule has 0 saturated heterocycles. The first-order valence-electron chi connectivity index (χ1n) is 9.61. The molecule has 0 radical (unpaired) electrons. The highest BCUT2D eigenvalue weighted by Crippen LogP contribution is 2.40. The van der Waals surface area contributed by atoms with Gasteiger partial charge in [-0.05, 0) is 49.7 Å². The van der Waals surface area contributed by atoms with E-state index in [-0.39, 0.29) is 5.91 Å². The first-order valence-corrected chi connectivity index (χ1v) is 10.8. The summed E-state index contributed by atoms with van der Waals surface area (Å²) in [7, 11) is 1.67. The predicted molar refractivity (Wildman–Crippen MR) is 124 cm³/mol. The van der Waals surface area contributed by atoms with Gasteiger partial charge in [0.1, 0.15) is 10.8 Å². The second kappa shape index (κ2) is 8.60. The van der Waals surface area contributed by atoms with E-state index in [9.17, 15) is 4.79 Å². The Bertz CT molecular complexity index is 1200. The maximum absolute atomic E-state index is 13.0. The van der Waals surface area contributed by atoms with Crippen molar-refractivity contribution in [3.05, 3.63) is 70.4 Å². The zero-order chi connectivity index (χ0) is 21.3. The van der Waals surface area contributed by atoms with Crippen LogP contribution in [0, 0.1) is 13.8 Å². The fourth-order valence-electron chi connectivity index (χ4n) is 3.51. The summed E-state index contributed by atoms with van der Waals surface area (Å²) in [5.41, 5.74) is 4.56. The summed E-state index contributed by atoms with van der Waals surface area (Å²) in [5.74, 6) is 0.516. The number of fused-ring (bicyclic) bond motifs is 1. The number of carbonyl (C=O) groups excluding carboxylic acids is 1. The van der Waals surface area contributed by atoms with Gasteiger partial charge in [0, 0.05) is 29.9 Å². The van der Waals surface area contributed by atoms with Gasteiger partial charge in [-0.3, -0.25) is 4.79 Å². The lowest BCUT2D eigenvalue weighted by Crippen LogP contribution is -2.17. The van der Waals surface area contributed by atoms with E-state index in [2.05, 4.69) is 29.8 Å². The monoisotopic (exact) mass is 439 g/mol. The van der Waals surface area contributed by atoms with E-state index in [0.717, 1.165) is 37.9 Å². The normalized spacial score (nSPS) is 11.2. The number of anilines is 1. The van der Waals surface area contributed by atoms with Crippen molar-refractivity contribution in [2.24, 2.45) is 0 Å². The zero-order valence-corrected chi connectivity index (χ0v) is 18.6. The van der Waals surface area contributed by atoms with Crippen LogP contribution in [0.1, 0.15) is 21.6 Å². The van der Waals surface area contributed by atoms with Crippen LogP contribution >= 0.6 is 22.9 Å². The number of nitrogens with zero attached hydrogens (tertiary/aromatic N) is 2. The Balaban J connectivity index is 1.83. The number of aromatic nitrogens is 2. The third-order valence-electron chi connectivity index (χ3n) is 5.17. The number of amides is 1. The molecular weight excluding hydrogens is 418 g/mol. The van der Waals surface area contributed by atoms with Crippen molar-refractivity contribution in [3.63, 3.8) is 0 Å². The molecule has 0 spiro atoms. The summed E-state index contributed by atoms with van der Waals surface area (Å²) in [6, 6.07) is 15.0. The van der Waals surface area contributed by atoms with Crippen molar-refractivity contribution in [1.29, 1.82) is 0 Å². The second-order valence-electron chi connectivity index (χ2n) is 7.03. The van der Waals surface area contributed by atoms with Crippen molar-refractivity contribution >= 4 is 44.9 Å². The average molecular weight is 440 g/mol. The van der Waals surface area contributed by atoms with Gasteiger partial charge in [-0.15, -0.1) is 11.3 Å². The number of ether oxygens (including phenoxy) is 1. The highest BCUT2D eigenvalue weighted by Gasteiger charge is 2.23. The summed E-state index contributed by atoms with van der Waals surface area (Å²) in [4.78, 5) is 17.9. The molecule has 1 N–H and O–H groups in total. The lowest BCUT2D eigenvalue weighted by atomic mass is 10.1. The van der Waals surface area contributed by atoms with Gasteiger partial charge in [-0.1, -0.05) is 29.8 Å². The number of hydrogen-bond acceptors (Lipinski definition) is 4. The third-order valence-corrected chi connectivity index (χ3v) is 6.46. The van der Waals surface area contributed by atoms with Crippen LogP contribution in [-0.4, -0.2) is 29.2 Å². The molecule has 0 aliphatic heterocycles. The predicted octanol–water partition coefficient (Wildman–Crippen LogP) is 5.93. The van der Waals surface area contributed by atoms with Gasteiger partial charge < -0.3 is 14.6 Å². The Morgan fingerprint density at radius 1 is 1.20 bits per heavy atom. The Kier molecular flexibility index (Phi) is 5.90. The van der Waals surface area contributed by atoms with Crippen LogP contribution in [-0.2, 0) is 11.3 Å². The van der Waals surface area contributed by atoms with Gasteiger partial charge in [0.15, 0.2) is 0 Å². The number of hydrogen-bond donors (Lipinski definition) is 1. The van der Waals surface area contributed by atoms with E-state index in [1.165, 1.54) is 0 Å². The smallest absolute Gasteiger partial charge is 0.256 e. The van der Waals surface area contributed by atoms with Gasteiger partial charge in [-0.25, -0.2) is 4.98 Å². The maximum atomic E-state index is 13.0. The van der Waals surface area contributed by atoms with Crippen molar-refractivity contribution in [2.75, 3.05) is 19.0 Å². The Labute approximate surface area is 184 Å². The number of halogens is 1. The summed E-state index contributed by atoms with van der Waals surface area (Å²) >= 11 is 7.71. The molecule has 1 amide bonds. The minimum Gasteiger partial charge on any atom is -0.383 e. The van der Waals surface area contributed by atoms with E-state index in [4.69, 9.17) is 21.3 Å². The van der Waals surface area contributed by atoms with Crippen LogP contribution in [0.2, 0.25) is 5.02 Å². The van der Waals surface area contributed by atoms with Crippen molar-refractivity contribution in [1.82, 2.24) is 9.55 Å². The van der Waals surface area contributed by atoms with Crippen molar-refractivity contribution in [3.8, 4) is 10.6 Å². The Hall–Kier alpha value is -2.67. The van der Waals surface area contributed by atoms with Gasteiger partial charge in [-0.2, -0.15) is 0 Å². The number of rotatable bonds is 6. The fraction of sp³-hybridized carbons (Fsp3) is 0.217. The Morgan fingerprint density at radius 2 is 2.00 bits per heavy atom. The van der Waals surface area contributed by atoms with Crippen LogP contribution in [0.3, 0.4) is 0 Å². The molecule has 0 fully saturated rings. The molecule has 2 aromatic carbocycles. The molecule has 0 bridgehead atoms. The van der Waals surface area contributed by atoms with Crippen molar-refractivity contribution < 1.29 is 9.53 Å². The highest BCUT2D eigenvalue weighted by molar-refractivity contribution is 7.21. The van der Waals surface area contributed by atoms with E-state index in [0.29, 0.717) is 23.7 Å². The molecule has 0 unspecified atom stereocenters. The number of para-hydroxylation sites is 1. The molecular formula is C23H22ClN3O2S. The summed E-state index contributed by atoms with van der Waals surface area (Å²) in [6.45, 7) is 5.28. The summed E-state index contributed by atoms with van der Waals surface area (Å²) in [6.07, 6.45) is 0. The van der Waals surface area contributed by atoms with E-state index < -0.39 is 0 Å². The molecule has 0 aliphatic rings. The molecule has 0 atom stereocenters. The fourth-order valence-corrected chi connectivity index (χ4v) is 4.77. The van der Waals surface area contributed by atoms with Crippen molar-refractivity contribution in [2.45, 2.75) is 20.4 Å². The van der Waals surface area contributed by atoms with Crippen LogP contribution in [0.5, 0.6) is 0 Å².